The Bertz CT molecular complexity index is 1150. The summed E-state index contributed by atoms with van der Waals surface area (Å²) in [6.45, 7) is 6.94. The van der Waals surface area contributed by atoms with Gasteiger partial charge in [0.15, 0.2) is 0 Å². The quantitative estimate of drug-likeness (QED) is 0.532. The van der Waals surface area contributed by atoms with Crippen LogP contribution in [0.5, 0.6) is 17.4 Å². The molecule has 2 aliphatic heterocycles. The summed E-state index contributed by atoms with van der Waals surface area (Å²) in [5.74, 6) is 0.968. The summed E-state index contributed by atoms with van der Waals surface area (Å²) in [5.41, 5.74) is 4.34. The number of ether oxygens (including phenoxy) is 2. The minimum atomic E-state index is -0.184. The summed E-state index contributed by atoms with van der Waals surface area (Å²) >= 11 is 0. The molecular formula is C24H26N4O3. The van der Waals surface area contributed by atoms with E-state index in [9.17, 15) is 5.11 Å². The summed E-state index contributed by atoms with van der Waals surface area (Å²) in [6.07, 6.45) is 1.68. The van der Waals surface area contributed by atoms with E-state index in [1.807, 2.05) is 10.6 Å². The summed E-state index contributed by atoms with van der Waals surface area (Å²) in [5, 5.41) is 19.0. The van der Waals surface area contributed by atoms with Gasteiger partial charge in [-0.15, -0.1) is 0 Å². The van der Waals surface area contributed by atoms with Crippen LogP contribution in [-0.4, -0.2) is 52.4 Å². The minimum Gasteiger partial charge on any atom is -0.508 e. The standard InChI is InChI=1S/C24H26N4O3/c1-16-2-4-17(5-3-16)21-19-7-6-18(29)14-20(19)31-24-22(21)23(25)28(15-26-24)9-8-27-10-12-30-13-11-27/h2-7,14-15,21,25,29H,8-13H2,1H3. The Hall–Kier alpha value is -3.16. The molecule has 5 rings (SSSR count). The van der Waals surface area contributed by atoms with Gasteiger partial charge in [-0.05, 0) is 18.6 Å². The lowest BCUT2D eigenvalue weighted by Gasteiger charge is -2.29. The summed E-state index contributed by atoms with van der Waals surface area (Å²) in [4.78, 5) is 6.91. The Balaban J connectivity index is 1.56. The number of rotatable bonds is 4. The predicted octanol–water partition coefficient (Wildman–Crippen LogP) is 2.99. The van der Waals surface area contributed by atoms with Crippen molar-refractivity contribution in [2.45, 2.75) is 19.4 Å². The third-order valence-electron chi connectivity index (χ3n) is 6.06. The maximum Gasteiger partial charge on any atom is 0.228 e. The van der Waals surface area contributed by atoms with E-state index < -0.39 is 0 Å². The Morgan fingerprint density at radius 1 is 1.10 bits per heavy atom. The van der Waals surface area contributed by atoms with Gasteiger partial charge in [-0.3, -0.25) is 10.3 Å². The van der Waals surface area contributed by atoms with E-state index in [0.29, 0.717) is 23.7 Å². The number of aromatic hydroxyl groups is 1. The minimum absolute atomic E-state index is 0.146. The molecule has 0 amide bonds. The normalized spacial score (nSPS) is 18.2. The molecule has 0 radical (unpaired) electrons. The maximum absolute atomic E-state index is 9.97. The summed E-state index contributed by atoms with van der Waals surface area (Å²) in [7, 11) is 0. The van der Waals surface area contributed by atoms with Crippen LogP contribution in [0.3, 0.4) is 0 Å². The molecule has 1 aromatic heterocycles. The molecule has 1 saturated heterocycles. The second-order valence-electron chi connectivity index (χ2n) is 8.13. The molecule has 3 heterocycles. The van der Waals surface area contributed by atoms with E-state index in [0.717, 1.165) is 49.5 Å². The van der Waals surface area contributed by atoms with Crippen molar-refractivity contribution in [3.63, 3.8) is 0 Å². The zero-order valence-electron chi connectivity index (χ0n) is 17.5. The second-order valence-corrected chi connectivity index (χ2v) is 8.13. The number of hydrogen-bond acceptors (Lipinski definition) is 6. The lowest BCUT2D eigenvalue weighted by Crippen LogP contribution is -2.40. The Labute approximate surface area is 181 Å². The molecule has 2 aromatic carbocycles. The number of hydrogen-bond donors (Lipinski definition) is 2. The van der Waals surface area contributed by atoms with Crippen LogP contribution in [0.4, 0.5) is 0 Å². The van der Waals surface area contributed by atoms with Crippen molar-refractivity contribution < 1.29 is 14.6 Å². The Kier molecular flexibility index (Phi) is 5.21. The molecule has 1 fully saturated rings. The van der Waals surface area contributed by atoms with Crippen LogP contribution in [0.25, 0.3) is 0 Å². The van der Waals surface area contributed by atoms with Gasteiger partial charge in [-0.2, -0.15) is 0 Å². The molecule has 0 bridgehead atoms. The zero-order valence-corrected chi connectivity index (χ0v) is 17.5. The van der Waals surface area contributed by atoms with Gasteiger partial charge < -0.3 is 19.1 Å². The van der Waals surface area contributed by atoms with E-state index >= 15 is 0 Å². The number of phenols is 1. The predicted molar refractivity (Wildman–Crippen MR) is 116 cm³/mol. The second kappa shape index (κ2) is 8.17. The summed E-state index contributed by atoms with van der Waals surface area (Å²) < 4.78 is 13.4. The number of fused-ring (bicyclic) bond motifs is 2. The molecule has 160 valence electrons. The third kappa shape index (κ3) is 3.82. The lowest BCUT2D eigenvalue weighted by molar-refractivity contribution is 0.0362. The van der Waals surface area contributed by atoms with E-state index in [2.05, 4.69) is 41.1 Å². The highest BCUT2D eigenvalue weighted by molar-refractivity contribution is 5.57. The number of morpholine rings is 1. The third-order valence-corrected chi connectivity index (χ3v) is 6.06. The van der Waals surface area contributed by atoms with Gasteiger partial charge >= 0.3 is 0 Å². The van der Waals surface area contributed by atoms with Gasteiger partial charge in [0.2, 0.25) is 5.88 Å². The van der Waals surface area contributed by atoms with E-state index in [4.69, 9.17) is 14.9 Å². The highest BCUT2D eigenvalue weighted by atomic mass is 16.5. The fraction of sp³-hybridized carbons (Fsp3) is 0.333. The van der Waals surface area contributed by atoms with Crippen molar-refractivity contribution in [3.05, 3.63) is 76.5 Å². The monoisotopic (exact) mass is 418 g/mol. The Morgan fingerprint density at radius 2 is 1.87 bits per heavy atom. The molecule has 2 N–H and O–H groups in total. The molecule has 2 aliphatic rings. The number of benzene rings is 2. The first kappa shape index (κ1) is 19.8. The van der Waals surface area contributed by atoms with Gasteiger partial charge in [-0.25, -0.2) is 4.98 Å². The molecule has 1 unspecified atom stereocenters. The SMILES string of the molecule is Cc1ccc(C2c3ccc(O)cc3Oc3ncn(CCN4CCOCC4)c(=N)c32)cc1. The average molecular weight is 418 g/mol. The molecule has 7 heteroatoms. The summed E-state index contributed by atoms with van der Waals surface area (Å²) in [6, 6.07) is 13.5. The van der Waals surface area contributed by atoms with Crippen LogP contribution >= 0.6 is 0 Å². The zero-order chi connectivity index (χ0) is 21.4. The molecule has 7 nitrogen and oxygen atoms in total. The average Bonchev–Trinajstić information content (AvgIpc) is 2.78. The van der Waals surface area contributed by atoms with Gasteiger partial charge in [-0.1, -0.05) is 35.9 Å². The number of phenolic OH excluding ortho intramolecular Hbond substituents is 1. The fourth-order valence-electron chi connectivity index (χ4n) is 4.31. The van der Waals surface area contributed by atoms with Crippen molar-refractivity contribution >= 4 is 0 Å². The first-order valence-corrected chi connectivity index (χ1v) is 10.6. The molecule has 0 aliphatic carbocycles. The molecule has 3 aromatic rings. The molecule has 1 atom stereocenters. The van der Waals surface area contributed by atoms with Gasteiger partial charge in [0, 0.05) is 43.7 Å². The van der Waals surface area contributed by atoms with Crippen LogP contribution in [0, 0.1) is 12.3 Å². The van der Waals surface area contributed by atoms with Crippen molar-refractivity contribution in [2.75, 3.05) is 32.8 Å². The highest BCUT2D eigenvalue weighted by Crippen LogP contribution is 2.45. The highest BCUT2D eigenvalue weighted by Gasteiger charge is 2.32. The topological polar surface area (TPSA) is 83.6 Å². The van der Waals surface area contributed by atoms with Gasteiger partial charge in [0.1, 0.15) is 23.3 Å². The molecule has 0 spiro atoms. The van der Waals surface area contributed by atoms with Crippen molar-refractivity contribution in [2.24, 2.45) is 0 Å². The maximum atomic E-state index is 9.97. The first-order chi connectivity index (χ1) is 15.1. The van der Waals surface area contributed by atoms with Crippen molar-refractivity contribution in [1.29, 1.82) is 5.41 Å². The molecule has 31 heavy (non-hydrogen) atoms. The first-order valence-electron chi connectivity index (χ1n) is 10.6. The van der Waals surface area contributed by atoms with Crippen LogP contribution < -0.4 is 10.2 Å². The van der Waals surface area contributed by atoms with Crippen LogP contribution in [0.15, 0.2) is 48.8 Å². The van der Waals surface area contributed by atoms with E-state index in [1.165, 1.54) is 5.56 Å². The molecular weight excluding hydrogens is 392 g/mol. The molecule has 0 saturated carbocycles. The van der Waals surface area contributed by atoms with Gasteiger partial charge in [0.05, 0.1) is 18.8 Å². The Morgan fingerprint density at radius 3 is 2.65 bits per heavy atom. The number of nitrogens with one attached hydrogen (secondary N) is 1. The number of aromatic nitrogens is 2. The van der Waals surface area contributed by atoms with Crippen LogP contribution in [0.2, 0.25) is 0 Å². The van der Waals surface area contributed by atoms with Crippen LogP contribution in [0.1, 0.15) is 28.2 Å². The number of aryl methyl sites for hydroxylation is 1. The van der Waals surface area contributed by atoms with E-state index in [1.54, 1.807) is 18.5 Å². The smallest absolute Gasteiger partial charge is 0.228 e. The van der Waals surface area contributed by atoms with E-state index in [-0.39, 0.29) is 11.7 Å². The lowest BCUT2D eigenvalue weighted by atomic mass is 9.83. The number of nitrogens with zero attached hydrogens (tertiary/aromatic N) is 3. The fourth-order valence-corrected chi connectivity index (χ4v) is 4.31. The van der Waals surface area contributed by atoms with Gasteiger partial charge in [0.25, 0.3) is 0 Å². The van der Waals surface area contributed by atoms with Crippen molar-refractivity contribution in [3.8, 4) is 17.4 Å². The van der Waals surface area contributed by atoms with Crippen molar-refractivity contribution in [1.82, 2.24) is 14.5 Å². The van der Waals surface area contributed by atoms with Crippen LogP contribution in [-0.2, 0) is 11.3 Å². The largest absolute Gasteiger partial charge is 0.508 e.